The first kappa shape index (κ1) is 23.0. The predicted octanol–water partition coefficient (Wildman–Crippen LogP) is 4.73. The van der Waals surface area contributed by atoms with Gasteiger partial charge in [0.15, 0.2) is 0 Å². The number of aryl methyl sites for hydroxylation is 2. The van der Waals surface area contributed by atoms with Gasteiger partial charge in [-0.15, -0.1) is 11.8 Å². The molecular formula is C24H32N2O2S. The van der Waals surface area contributed by atoms with Crippen molar-refractivity contribution >= 4 is 23.6 Å². The van der Waals surface area contributed by atoms with E-state index in [1.54, 1.807) is 4.90 Å². The number of hydrogen-bond donors (Lipinski definition) is 1. The molecule has 5 heteroatoms. The molecule has 0 spiro atoms. The van der Waals surface area contributed by atoms with E-state index < -0.39 is 6.04 Å². The standard InChI is InChI=1S/C24H32N2O2S/c1-6-19(4)25-24(28)20(5)26(15-21-10-8-7-9-18(21)3)23(27)16-29-22-13-11-17(2)12-14-22/h7-14,19-20H,6,15-16H2,1-5H3,(H,25,28)/t19-,20+/m0/s1. The zero-order valence-electron chi connectivity index (χ0n) is 18.1. The van der Waals surface area contributed by atoms with Gasteiger partial charge >= 0.3 is 0 Å². The van der Waals surface area contributed by atoms with Gasteiger partial charge in [-0.25, -0.2) is 0 Å². The lowest BCUT2D eigenvalue weighted by Crippen LogP contribution is -2.50. The lowest BCUT2D eigenvalue weighted by molar-refractivity contribution is -0.138. The Kier molecular flexibility index (Phi) is 8.77. The molecule has 0 aliphatic rings. The van der Waals surface area contributed by atoms with E-state index >= 15 is 0 Å². The summed E-state index contributed by atoms with van der Waals surface area (Å²) in [6, 6.07) is 15.7. The molecule has 2 amide bonds. The maximum Gasteiger partial charge on any atom is 0.242 e. The number of hydrogen-bond acceptors (Lipinski definition) is 3. The Balaban J connectivity index is 2.15. The highest BCUT2D eigenvalue weighted by molar-refractivity contribution is 8.00. The summed E-state index contributed by atoms with van der Waals surface area (Å²) in [6.07, 6.45) is 0.855. The number of thioether (sulfide) groups is 1. The van der Waals surface area contributed by atoms with Gasteiger partial charge in [0.25, 0.3) is 0 Å². The third-order valence-corrected chi connectivity index (χ3v) is 6.15. The van der Waals surface area contributed by atoms with Crippen LogP contribution in [0.1, 0.15) is 43.9 Å². The van der Waals surface area contributed by atoms with Crippen molar-refractivity contribution in [3.05, 3.63) is 65.2 Å². The lowest BCUT2D eigenvalue weighted by atomic mass is 10.1. The van der Waals surface area contributed by atoms with Crippen LogP contribution in [-0.4, -0.2) is 34.6 Å². The van der Waals surface area contributed by atoms with E-state index in [2.05, 4.69) is 5.32 Å². The topological polar surface area (TPSA) is 49.4 Å². The molecule has 0 heterocycles. The number of carbonyl (C=O) groups is 2. The zero-order chi connectivity index (χ0) is 21.4. The minimum atomic E-state index is -0.533. The summed E-state index contributed by atoms with van der Waals surface area (Å²) in [5, 5.41) is 3.01. The summed E-state index contributed by atoms with van der Waals surface area (Å²) in [4.78, 5) is 28.6. The molecule has 4 nitrogen and oxygen atoms in total. The van der Waals surface area contributed by atoms with Crippen LogP contribution in [0.3, 0.4) is 0 Å². The van der Waals surface area contributed by atoms with Crippen molar-refractivity contribution in [1.29, 1.82) is 0 Å². The van der Waals surface area contributed by atoms with Gasteiger partial charge in [0.2, 0.25) is 11.8 Å². The number of benzene rings is 2. The molecule has 0 saturated carbocycles. The second-order valence-electron chi connectivity index (χ2n) is 7.54. The molecule has 1 N–H and O–H groups in total. The summed E-state index contributed by atoms with van der Waals surface area (Å²) < 4.78 is 0. The van der Waals surface area contributed by atoms with E-state index in [-0.39, 0.29) is 17.9 Å². The molecule has 29 heavy (non-hydrogen) atoms. The Morgan fingerprint density at radius 3 is 2.31 bits per heavy atom. The lowest BCUT2D eigenvalue weighted by Gasteiger charge is -2.30. The highest BCUT2D eigenvalue weighted by Crippen LogP contribution is 2.21. The molecule has 2 aromatic carbocycles. The third-order valence-electron chi connectivity index (χ3n) is 5.15. The second kappa shape index (κ2) is 11.1. The van der Waals surface area contributed by atoms with Crippen molar-refractivity contribution in [2.24, 2.45) is 0 Å². The van der Waals surface area contributed by atoms with E-state index in [9.17, 15) is 9.59 Å². The minimum Gasteiger partial charge on any atom is -0.352 e. The first-order valence-corrected chi connectivity index (χ1v) is 11.1. The first-order chi connectivity index (χ1) is 13.8. The smallest absolute Gasteiger partial charge is 0.242 e. The van der Waals surface area contributed by atoms with Gasteiger partial charge in [0.1, 0.15) is 6.04 Å². The van der Waals surface area contributed by atoms with Gasteiger partial charge in [-0.2, -0.15) is 0 Å². The number of amides is 2. The Morgan fingerprint density at radius 1 is 1.03 bits per heavy atom. The largest absolute Gasteiger partial charge is 0.352 e. The number of carbonyl (C=O) groups excluding carboxylic acids is 2. The maximum absolute atomic E-state index is 13.1. The highest BCUT2D eigenvalue weighted by Gasteiger charge is 2.27. The van der Waals surface area contributed by atoms with Crippen LogP contribution in [0.4, 0.5) is 0 Å². The fraction of sp³-hybridized carbons (Fsp3) is 0.417. The Bertz CT molecular complexity index is 820. The molecule has 156 valence electrons. The average Bonchev–Trinajstić information content (AvgIpc) is 2.71. The molecule has 0 radical (unpaired) electrons. The quantitative estimate of drug-likeness (QED) is 0.606. The molecule has 0 aromatic heterocycles. The maximum atomic E-state index is 13.1. The van der Waals surface area contributed by atoms with Crippen LogP contribution < -0.4 is 5.32 Å². The molecule has 0 unspecified atom stereocenters. The van der Waals surface area contributed by atoms with Gasteiger partial charge in [-0.1, -0.05) is 48.9 Å². The molecule has 0 aliphatic carbocycles. The van der Waals surface area contributed by atoms with Crippen molar-refractivity contribution in [3.63, 3.8) is 0 Å². The van der Waals surface area contributed by atoms with Crippen LogP contribution in [0.15, 0.2) is 53.4 Å². The molecular weight excluding hydrogens is 380 g/mol. The Morgan fingerprint density at radius 2 is 1.69 bits per heavy atom. The van der Waals surface area contributed by atoms with E-state index in [1.807, 2.05) is 83.1 Å². The molecule has 0 aliphatic heterocycles. The molecule has 0 fully saturated rings. The number of nitrogens with one attached hydrogen (secondary N) is 1. The summed E-state index contributed by atoms with van der Waals surface area (Å²) >= 11 is 1.50. The first-order valence-electron chi connectivity index (χ1n) is 10.2. The van der Waals surface area contributed by atoms with E-state index in [4.69, 9.17) is 0 Å². The Labute approximate surface area is 179 Å². The van der Waals surface area contributed by atoms with Gasteiger partial charge < -0.3 is 10.2 Å². The molecule has 2 aromatic rings. The van der Waals surface area contributed by atoms with Crippen LogP contribution in [0.25, 0.3) is 0 Å². The normalized spacial score (nSPS) is 12.9. The molecule has 0 saturated heterocycles. The van der Waals surface area contributed by atoms with Gasteiger partial charge in [-0.05, 0) is 57.4 Å². The van der Waals surface area contributed by atoms with Crippen molar-refractivity contribution < 1.29 is 9.59 Å². The summed E-state index contributed by atoms with van der Waals surface area (Å²) in [5.74, 6) is 0.155. The third kappa shape index (κ3) is 6.93. The van der Waals surface area contributed by atoms with Crippen LogP contribution in [0.2, 0.25) is 0 Å². The van der Waals surface area contributed by atoms with Crippen LogP contribution >= 0.6 is 11.8 Å². The van der Waals surface area contributed by atoms with Gasteiger partial charge in [0, 0.05) is 17.5 Å². The van der Waals surface area contributed by atoms with Crippen molar-refractivity contribution in [2.75, 3.05) is 5.75 Å². The SMILES string of the molecule is CC[C@H](C)NC(=O)[C@@H](C)N(Cc1ccccc1C)C(=O)CSc1ccc(C)cc1. The van der Waals surface area contributed by atoms with E-state index in [1.165, 1.54) is 17.3 Å². The fourth-order valence-corrected chi connectivity index (χ4v) is 3.67. The van der Waals surface area contributed by atoms with E-state index in [0.717, 1.165) is 22.4 Å². The monoisotopic (exact) mass is 412 g/mol. The second-order valence-corrected chi connectivity index (χ2v) is 8.59. The van der Waals surface area contributed by atoms with Gasteiger partial charge in [0.05, 0.1) is 5.75 Å². The van der Waals surface area contributed by atoms with Gasteiger partial charge in [-0.3, -0.25) is 9.59 Å². The highest BCUT2D eigenvalue weighted by atomic mass is 32.2. The molecule has 2 rings (SSSR count). The van der Waals surface area contributed by atoms with Crippen molar-refractivity contribution in [3.8, 4) is 0 Å². The van der Waals surface area contributed by atoms with Crippen LogP contribution in [0.5, 0.6) is 0 Å². The summed E-state index contributed by atoms with van der Waals surface area (Å²) in [7, 11) is 0. The fourth-order valence-electron chi connectivity index (χ4n) is 2.88. The van der Waals surface area contributed by atoms with Crippen LogP contribution in [0, 0.1) is 13.8 Å². The molecule has 2 atom stereocenters. The summed E-state index contributed by atoms with van der Waals surface area (Å²) in [5.41, 5.74) is 3.37. The Hall–Kier alpha value is -2.27. The van der Waals surface area contributed by atoms with E-state index in [0.29, 0.717) is 12.3 Å². The number of nitrogens with zero attached hydrogens (tertiary/aromatic N) is 1. The zero-order valence-corrected chi connectivity index (χ0v) is 18.9. The molecule has 0 bridgehead atoms. The minimum absolute atomic E-state index is 0.0365. The average molecular weight is 413 g/mol. The van der Waals surface area contributed by atoms with Crippen LogP contribution in [-0.2, 0) is 16.1 Å². The predicted molar refractivity (Wildman–Crippen MR) is 121 cm³/mol. The summed E-state index contributed by atoms with van der Waals surface area (Å²) in [6.45, 7) is 10.3. The van der Waals surface area contributed by atoms with Crippen molar-refractivity contribution in [1.82, 2.24) is 10.2 Å². The number of rotatable bonds is 9. The van der Waals surface area contributed by atoms with Crippen molar-refractivity contribution in [2.45, 2.75) is 64.6 Å².